The van der Waals surface area contributed by atoms with E-state index in [9.17, 15) is 13.2 Å². The van der Waals surface area contributed by atoms with Gasteiger partial charge in [0.1, 0.15) is 5.82 Å². The van der Waals surface area contributed by atoms with Crippen molar-refractivity contribution in [1.82, 2.24) is 4.98 Å². The summed E-state index contributed by atoms with van der Waals surface area (Å²) in [5.74, 6) is -0.384. The van der Waals surface area contributed by atoms with E-state index in [0.29, 0.717) is 5.02 Å². The molecule has 2 rings (SSSR count). The third-order valence-corrected chi connectivity index (χ3v) is 4.83. The van der Waals surface area contributed by atoms with E-state index >= 15 is 0 Å². The molecule has 0 saturated carbocycles. The second-order valence-electron chi connectivity index (χ2n) is 4.20. The topological polar surface area (TPSA) is 93.4 Å². The van der Waals surface area contributed by atoms with Gasteiger partial charge >= 0.3 is 0 Å². The Hall–Kier alpha value is -2.12. The Morgan fingerprint density at radius 3 is 2.29 bits per heavy atom. The summed E-state index contributed by atoms with van der Waals surface area (Å²) in [6.07, 6.45) is 1.36. The molecule has 0 aliphatic rings. The number of carbonyl (C=O) groups is 1. The number of amides is 1. The molecule has 0 fully saturated rings. The van der Waals surface area contributed by atoms with Crippen molar-refractivity contribution < 1.29 is 13.2 Å². The number of nitrogens with two attached hydrogens (primary N) is 1. The monoisotopic (exact) mass is 325 g/mol. The highest BCUT2D eigenvalue weighted by atomic mass is 35.5. The largest absolute Gasteiger partial charge is 0.366 e. The number of rotatable bonds is 4. The van der Waals surface area contributed by atoms with Crippen molar-refractivity contribution in [3.63, 3.8) is 0 Å². The van der Waals surface area contributed by atoms with Crippen LogP contribution in [-0.2, 0) is 10.0 Å². The molecule has 0 aliphatic heterocycles. The van der Waals surface area contributed by atoms with Gasteiger partial charge in [-0.15, -0.1) is 0 Å². The lowest BCUT2D eigenvalue weighted by Crippen LogP contribution is -2.27. The minimum atomic E-state index is -3.77. The number of nitrogens with zero attached hydrogens (tertiary/aromatic N) is 2. The summed E-state index contributed by atoms with van der Waals surface area (Å²) in [7, 11) is -2.39. The van der Waals surface area contributed by atoms with Crippen molar-refractivity contribution in [1.29, 1.82) is 0 Å². The molecule has 2 aromatic rings. The van der Waals surface area contributed by atoms with Crippen LogP contribution in [0.15, 0.2) is 47.5 Å². The van der Waals surface area contributed by atoms with E-state index in [-0.39, 0.29) is 16.3 Å². The molecule has 0 spiro atoms. The van der Waals surface area contributed by atoms with E-state index in [2.05, 4.69) is 4.98 Å². The van der Waals surface area contributed by atoms with Gasteiger partial charge in [-0.05, 0) is 36.4 Å². The quantitative estimate of drug-likeness (QED) is 0.925. The first-order valence-electron chi connectivity index (χ1n) is 5.83. The zero-order valence-corrected chi connectivity index (χ0v) is 12.6. The summed E-state index contributed by atoms with van der Waals surface area (Å²) >= 11 is 5.72. The van der Waals surface area contributed by atoms with Gasteiger partial charge in [0, 0.05) is 18.8 Å². The van der Waals surface area contributed by atoms with Crippen LogP contribution in [0.5, 0.6) is 0 Å². The second-order valence-corrected chi connectivity index (χ2v) is 6.60. The second kappa shape index (κ2) is 5.71. The SMILES string of the molecule is CN(c1ccc(Cl)cn1)S(=O)(=O)c1ccc(C(N)=O)cc1. The summed E-state index contributed by atoms with van der Waals surface area (Å²) in [4.78, 5) is 15.0. The molecule has 1 amide bonds. The molecule has 2 N–H and O–H groups in total. The smallest absolute Gasteiger partial charge is 0.265 e. The number of carbonyl (C=O) groups excluding carboxylic acids is 1. The first kappa shape index (κ1) is 15.3. The number of hydrogen-bond acceptors (Lipinski definition) is 4. The third-order valence-electron chi connectivity index (χ3n) is 2.83. The van der Waals surface area contributed by atoms with Crippen molar-refractivity contribution >= 4 is 33.3 Å². The van der Waals surface area contributed by atoms with E-state index < -0.39 is 15.9 Å². The highest BCUT2D eigenvalue weighted by Crippen LogP contribution is 2.21. The molecular weight excluding hydrogens is 314 g/mol. The van der Waals surface area contributed by atoms with Gasteiger partial charge in [-0.1, -0.05) is 11.6 Å². The molecule has 0 unspecified atom stereocenters. The molecule has 1 heterocycles. The van der Waals surface area contributed by atoms with E-state index in [1.54, 1.807) is 6.07 Å². The van der Waals surface area contributed by atoms with Gasteiger partial charge in [0.15, 0.2) is 0 Å². The maximum atomic E-state index is 12.4. The van der Waals surface area contributed by atoms with Crippen LogP contribution in [0.25, 0.3) is 0 Å². The number of benzene rings is 1. The van der Waals surface area contributed by atoms with Gasteiger partial charge in [-0.25, -0.2) is 13.4 Å². The molecule has 0 radical (unpaired) electrons. The Morgan fingerprint density at radius 2 is 1.81 bits per heavy atom. The Morgan fingerprint density at radius 1 is 1.19 bits per heavy atom. The predicted molar refractivity (Wildman–Crippen MR) is 79.8 cm³/mol. The maximum absolute atomic E-state index is 12.4. The van der Waals surface area contributed by atoms with Crippen molar-refractivity contribution in [2.45, 2.75) is 4.90 Å². The summed E-state index contributed by atoms with van der Waals surface area (Å²) < 4.78 is 25.9. The summed E-state index contributed by atoms with van der Waals surface area (Å²) in [6.45, 7) is 0. The molecule has 21 heavy (non-hydrogen) atoms. The summed E-state index contributed by atoms with van der Waals surface area (Å²) in [5.41, 5.74) is 5.35. The Kier molecular flexibility index (Phi) is 4.15. The molecule has 8 heteroatoms. The summed E-state index contributed by atoms with van der Waals surface area (Å²) in [6, 6.07) is 8.41. The molecule has 6 nitrogen and oxygen atoms in total. The lowest BCUT2D eigenvalue weighted by molar-refractivity contribution is 0.1000. The number of pyridine rings is 1. The van der Waals surface area contributed by atoms with Gasteiger partial charge < -0.3 is 5.73 Å². The first-order valence-corrected chi connectivity index (χ1v) is 7.64. The van der Waals surface area contributed by atoms with Crippen LogP contribution >= 0.6 is 11.6 Å². The van der Waals surface area contributed by atoms with E-state index in [0.717, 1.165) is 4.31 Å². The fraction of sp³-hybridized carbons (Fsp3) is 0.0769. The number of halogens is 1. The molecular formula is C13H12ClN3O3S. The number of aromatic nitrogens is 1. The Balaban J connectivity index is 2.36. The van der Waals surface area contributed by atoms with E-state index in [4.69, 9.17) is 17.3 Å². The van der Waals surface area contributed by atoms with Gasteiger partial charge in [-0.3, -0.25) is 9.10 Å². The molecule has 0 saturated heterocycles. The van der Waals surface area contributed by atoms with Crippen molar-refractivity contribution in [3.05, 3.63) is 53.2 Å². The molecule has 0 aliphatic carbocycles. The van der Waals surface area contributed by atoms with Gasteiger partial charge in [0.25, 0.3) is 10.0 Å². The number of sulfonamides is 1. The Labute approximate surface area is 127 Å². The van der Waals surface area contributed by atoms with Gasteiger partial charge in [-0.2, -0.15) is 0 Å². The average Bonchev–Trinajstić information content (AvgIpc) is 2.47. The standard InChI is InChI=1S/C13H12ClN3O3S/c1-17(12-7-4-10(14)8-16-12)21(19,20)11-5-2-9(3-6-11)13(15)18/h2-8H,1H3,(H2,15,18). The first-order chi connectivity index (χ1) is 9.82. The number of primary amides is 1. The minimum Gasteiger partial charge on any atom is -0.366 e. The lowest BCUT2D eigenvalue weighted by atomic mass is 10.2. The lowest BCUT2D eigenvalue weighted by Gasteiger charge is -2.18. The predicted octanol–water partition coefficient (Wildman–Crippen LogP) is 1.66. The Bertz CT molecular complexity index is 758. The van der Waals surface area contributed by atoms with Crippen LogP contribution in [0.3, 0.4) is 0 Å². The van der Waals surface area contributed by atoms with Crippen molar-refractivity contribution in [3.8, 4) is 0 Å². The molecule has 1 aromatic carbocycles. The third kappa shape index (κ3) is 3.14. The normalized spacial score (nSPS) is 11.1. The van der Waals surface area contributed by atoms with Crippen LogP contribution in [-0.4, -0.2) is 26.4 Å². The highest BCUT2D eigenvalue weighted by molar-refractivity contribution is 7.92. The zero-order chi connectivity index (χ0) is 15.6. The average molecular weight is 326 g/mol. The van der Waals surface area contributed by atoms with E-state index in [1.807, 2.05) is 0 Å². The van der Waals surface area contributed by atoms with E-state index in [1.165, 1.54) is 43.6 Å². The maximum Gasteiger partial charge on any atom is 0.265 e. The van der Waals surface area contributed by atoms with Crippen LogP contribution < -0.4 is 10.0 Å². The highest BCUT2D eigenvalue weighted by Gasteiger charge is 2.22. The van der Waals surface area contributed by atoms with Crippen LogP contribution in [0.1, 0.15) is 10.4 Å². The van der Waals surface area contributed by atoms with Crippen LogP contribution in [0.2, 0.25) is 5.02 Å². The molecule has 110 valence electrons. The molecule has 1 aromatic heterocycles. The van der Waals surface area contributed by atoms with Crippen LogP contribution in [0, 0.1) is 0 Å². The van der Waals surface area contributed by atoms with Crippen molar-refractivity contribution in [2.24, 2.45) is 5.73 Å². The van der Waals surface area contributed by atoms with Gasteiger partial charge in [0.2, 0.25) is 5.91 Å². The van der Waals surface area contributed by atoms with Crippen LogP contribution in [0.4, 0.5) is 5.82 Å². The number of anilines is 1. The molecule has 0 bridgehead atoms. The fourth-order valence-electron chi connectivity index (χ4n) is 1.63. The van der Waals surface area contributed by atoms with Gasteiger partial charge in [0.05, 0.1) is 9.92 Å². The number of hydrogen-bond donors (Lipinski definition) is 1. The van der Waals surface area contributed by atoms with Crippen molar-refractivity contribution in [2.75, 3.05) is 11.4 Å². The fourth-order valence-corrected chi connectivity index (χ4v) is 2.89. The zero-order valence-electron chi connectivity index (χ0n) is 11.0. The molecule has 0 atom stereocenters. The minimum absolute atomic E-state index is 0.0340. The summed E-state index contributed by atoms with van der Waals surface area (Å²) in [5, 5.41) is 0.412.